The van der Waals surface area contributed by atoms with Crippen LogP contribution in [0.4, 0.5) is 5.69 Å². The van der Waals surface area contributed by atoms with Crippen LogP contribution in [0.2, 0.25) is 0 Å². The lowest BCUT2D eigenvalue weighted by molar-refractivity contribution is -0.126. The van der Waals surface area contributed by atoms with Crippen LogP contribution < -0.4 is 5.32 Å². The second kappa shape index (κ2) is 5.15. The lowest BCUT2D eigenvalue weighted by Gasteiger charge is -2.54. The van der Waals surface area contributed by atoms with E-state index in [1.165, 1.54) is 55.0 Å². The average Bonchev–Trinajstić information content (AvgIpc) is 2.47. The molecule has 0 saturated heterocycles. The first-order chi connectivity index (χ1) is 10.7. The molecule has 3 aliphatic rings. The molecule has 4 rings (SSSR count). The summed E-state index contributed by atoms with van der Waals surface area (Å²) in [6.07, 6.45) is 9.35. The van der Waals surface area contributed by atoms with E-state index in [0.29, 0.717) is 18.0 Å². The zero-order valence-corrected chi connectivity index (χ0v) is 13.1. The normalized spacial score (nSPS) is 22.5. The molecule has 0 radical (unpaired) electrons. The van der Waals surface area contributed by atoms with Crippen molar-refractivity contribution in [1.29, 1.82) is 0 Å². The molecule has 1 N–H and O–H groups in total. The van der Waals surface area contributed by atoms with Gasteiger partial charge >= 0.3 is 0 Å². The fraction of sp³-hybridized carbons (Fsp3) is 0.526. The van der Waals surface area contributed by atoms with Gasteiger partial charge in [-0.25, -0.2) is 0 Å². The third-order valence-electron chi connectivity index (χ3n) is 5.85. The number of fused-ring (bicyclic) bond motifs is 1. The van der Waals surface area contributed by atoms with Crippen LogP contribution in [0.1, 0.15) is 43.2 Å². The molecule has 116 valence electrons. The van der Waals surface area contributed by atoms with Gasteiger partial charge in [-0.1, -0.05) is 19.1 Å². The van der Waals surface area contributed by atoms with Crippen molar-refractivity contribution in [3.63, 3.8) is 0 Å². The second-order valence-electron chi connectivity index (χ2n) is 7.30. The van der Waals surface area contributed by atoms with Crippen molar-refractivity contribution in [2.24, 2.45) is 5.41 Å². The Hall–Kier alpha value is -1.77. The number of anilines is 1. The van der Waals surface area contributed by atoms with Gasteiger partial charge in [-0.15, -0.1) is 0 Å². The monoisotopic (exact) mass is 296 g/mol. The number of hydrogen-bond acceptors (Lipinski definition) is 2. The summed E-state index contributed by atoms with van der Waals surface area (Å²) in [6, 6.07) is 7.32. The molecule has 3 nitrogen and oxygen atoms in total. The zero-order chi connectivity index (χ0) is 15.2. The van der Waals surface area contributed by atoms with Gasteiger partial charge in [0.2, 0.25) is 5.91 Å². The van der Waals surface area contributed by atoms with E-state index in [2.05, 4.69) is 30.1 Å². The number of hydrogen-bond donors (Lipinski definition) is 1. The highest BCUT2D eigenvalue weighted by atomic mass is 16.2. The summed E-state index contributed by atoms with van der Waals surface area (Å²) < 4.78 is 0. The maximum absolute atomic E-state index is 11.8. The van der Waals surface area contributed by atoms with E-state index in [0.717, 1.165) is 13.0 Å². The van der Waals surface area contributed by atoms with Gasteiger partial charge in [-0.05, 0) is 66.9 Å². The molecule has 0 bridgehead atoms. The Bertz CT molecular complexity index is 610. The molecule has 1 aromatic rings. The smallest absolute Gasteiger partial charge is 0.246 e. The van der Waals surface area contributed by atoms with Gasteiger partial charge in [-0.2, -0.15) is 0 Å². The van der Waals surface area contributed by atoms with E-state index in [-0.39, 0.29) is 5.91 Å². The summed E-state index contributed by atoms with van der Waals surface area (Å²) >= 11 is 0. The minimum Gasteiger partial charge on any atom is -0.382 e. The Balaban J connectivity index is 1.43. The second-order valence-corrected chi connectivity index (χ2v) is 7.30. The topological polar surface area (TPSA) is 32.3 Å². The number of nitrogens with zero attached hydrogens (tertiary/aromatic N) is 1. The molecule has 3 heteroatoms. The number of amides is 1. The highest BCUT2D eigenvalue weighted by Crippen LogP contribution is 2.56. The lowest BCUT2D eigenvalue weighted by Crippen LogP contribution is -2.49. The number of benzene rings is 1. The van der Waals surface area contributed by atoms with Crippen LogP contribution in [0.5, 0.6) is 0 Å². The van der Waals surface area contributed by atoms with E-state index in [1.54, 1.807) is 0 Å². The van der Waals surface area contributed by atoms with Gasteiger partial charge in [0.1, 0.15) is 0 Å². The molecule has 0 unspecified atom stereocenters. The maximum atomic E-state index is 11.8. The standard InChI is InChI=1S/C19H24N2O/c1-2-18(22)21-9-6-14-4-5-16(10-15(14)13-21)20-17-11-19(12-17)7-3-8-19/h2,4-5,10,17,20H,1,3,6-9,11-13H2. The largest absolute Gasteiger partial charge is 0.382 e. The Morgan fingerprint density at radius 1 is 1.32 bits per heavy atom. The molecule has 22 heavy (non-hydrogen) atoms. The predicted octanol–water partition coefficient (Wildman–Crippen LogP) is 3.50. The number of carbonyl (C=O) groups is 1. The van der Waals surface area contributed by atoms with E-state index >= 15 is 0 Å². The highest BCUT2D eigenvalue weighted by molar-refractivity contribution is 5.87. The minimum atomic E-state index is 0.0370. The summed E-state index contributed by atoms with van der Waals surface area (Å²) in [7, 11) is 0. The average molecular weight is 296 g/mol. The van der Waals surface area contributed by atoms with Crippen molar-refractivity contribution in [1.82, 2.24) is 4.90 Å². The van der Waals surface area contributed by atoms with Crippen LogP contribution in [0.25, 0.3) is 0 Å². The number of rotatable bonds is 3. The molecule has 1 amide bonds. The van der Waals surface area contributed by atoms with Crippen molar-refractivity contribution in [2.45, 2.75) is 51.1 Å². The fourth-order valence-electron chi connectivity index (χ4n) is 4.37. The SMILES string of the molecule is C=CC(=O)N1CCc2ccc(NC3CC4(CCC4)C3)cc2C1. The van der Waals surface area contributed by atoms with Gasteiger partial charge < -0.3 is 10.2 Å². The first-order valence-corrected chi connectivity index (χ1v) is 8.47. The molecule has 0 atom stereocenters. The summed E-state index contributed by atoms with van der Waals surface area (Å²) in [5.41, 5.74) is 4.58. The summed E-state index contributed by atoms with van der Waals surface area (Å²) in [5, 5.41) is 3.69. The van der Waals surface area contributed by atoms with Crippen molar-refractivity contribution < 1.29 is 4.79 Å². The zero-order valence-electron chi connectivity index (χ0n) is 13.1. The minimum absolute atomic E-state index is 0.0370. The molecule has 0 aromatic heterocycles. The van der Waals surface area contributed by atoms with Crippen molar-refractivity contribution in [3.05, 3.63) is 42.0 Å². The van der Waals surface area contributed by atoms with Crippen LogP contribution in [0, 0.1) is 5.41 Å². The van der Waals surface area contributed by atoms with Crippen molar-refractivity contribution in [2.75, 3.05) is 11.9 Å². The van der Waals surface area contributed by atoms with Crippen LogP contribution in [-0.2, 0) is 17.8 Å². The maximum Gasteiger partial charge on any atom is 0.246 e. The van der Waals surface area contributed by atoms with Gasteiger partial charge in [0.25, 0.3) is 0 Å². The predicted molar refractivity (Wildman–Crippen MR) is 88.7 cm³/mol. The van der Waals surface area contributed by atoms with Crippen LogP contribution in [0.3, 0.4) is 0 Å². The molecule has 1 spiro atoms. The molecule has 1 heterocycles. The van der Waals surface area contributed by atoms with Crippen LogP contribution in [-0.4, -0.2) is 23.4 Å². The molecule has 1 aromatic carbocycles. The third kappa shape index (κ3) is 2.33. The molecule has 2 saturated carbocycles. The van der Waals surface area contributed by atoms with Crippen LogP contribution in [0.15, 0.2) is 30.9 Å². The van der Waals surface area contributed by atoms with E-state index < -0.39 is 0 Å². The quantitative estimate of drug-likeness (QED) is 0.866. The Kier molecular flexibility index (Phi) is 3.24. The molecular formula is C19H24N2O. The Morgan fingerprint density at radius 2 is 2.14 bits per heavy atom. The van der Waals surface area contributed by atoms with Crippen LogP contribution >= 0.6 is 0 Å². The van der Waals surface area contributed by atoms with E-state index in [4.69, 9.17) is 0 Å². The Morgan fingerprint density at radius 3 is 2.82 bits per heavy atom. The first-order valence-electron chi connectivity index (χ1n) is 8.47. The van der Waals surface area contributed by atoms with Gasteiger partial charge in [0.15, 0.2) is 0 Å². The summed E-state index contributed by atoms with van der Waals surface area (Å²) in [4.78, 5) is 13.7. The Labute approximate surface area is 132 Å². The molecule has 2 aliphatic carbocycles. The third-order valence-corrected chi connectivity index (χ3v) is 5.85. The van der Waals surface area contributed by atoms with Crippen molar-refractivity contribution in [3.8, 4) is 0 Å². The highest BCUT2D eigenvalue weighted by Gasteiger charge is 2.47. The molecule has 2 fully saturated rings. The van der Waals surface area contributed by atoms with Gasteiger partial charge in [0, 0.05) is 24.8 Å². The molecule has 1 aliphatic heterocycles. The van der Waals surface area contributed by atoms with Gasteiger partial charge in [-0.3, -0.25) is 4.79 Å². The van der Waals surface area contributed by atoms with Gasteiger partial charge in [0.05, 0.1) is 0 Å². The van der Waals surface area contributed by atoms with E-state index in [9.17, 15) is 4.79 Å². The summed E-state index contributed by atoms with van der Waals surface area (Å²) in [6.45, 7) is 5.10. The lowest BCUT2D eigenvalue weighted by atomic mass is 9.54. The van der Waals surface area contributed by atoms with E-state index in [1.807, 2.05) is 4.90 Å². The molecular weight excluding hydrogens is 272 g/mol. The number of carbonyl (C=O) groups excluding carboxylic acids is 1. The number of nitrogens with one attached hydrogen (secondary N) is 1. The fourth-order valence-corrected chi connectivity index (χ4v) is 4.37. The summed E-state index contributed by atoms with van der Waals surface area (Å²) in [5.74, 6) is 0.0370. The van der Waals surface area contributed by atoms with Crippen molar-refractivity contribution >= 4 is 11.6 Å². The first kappa shape index (κ1) is 13.9.